The largest absolute Gasteiger partial charge is 0.468 e. The van der Waals surface area contributed by atoms with Crippen LogP contribution in [0.3, 0.4) is 0 Å². The molecule has 0 bridgehead atoms. The van der Waals surface area contributed by atoms with E-state index in [1.165, 1.54) is 6.20 Å². The lowest BCUT2D eigenvalue weighted by atomic mass is 10.3. The van der Waals surface area contributed by atoms with E-state index >= 15 is 0 Å². The van der Waals surface area contributed by atoms with E-state index in [9.17, 15) is 4.79 Å². The van der Waals surface area contributed by atoms with E-state index in [0.29, 0.717) is 24.3 Å². The molecule has 1 aliphatic rings. The molecule has 2 aromatic heterocycles. The van der Waals surface area contributed by atoms with Crippen LogP contribution < -0.4 is 10.5 Å². The number of fused-ring (bicyclic) bond motifs is 1. The molecule has 3 heterocycles. The van der Waals surface area contributed by atoms with Crippen molar-refractivity contribution in [2.45, 2.75) is 6.10 Å². The number of carbonyl (C=O) groups is 1. The Bertz CT molecular complexity index is 620. The summed E-state index contributed by atoms with van der Waals surface area (Å²) in [6, 6.07) is 1.59. The number of aromatic nitrogens is 3. The van der Waals surface area contributed by atoms with Gasteiger partial charge in [0.2, 0.25) is 5.88 Å². The minimum absolute atomic E-state index is 0.105. The molecular formula is C10H10N4O4. The number of hydrogen-bond acceptors (Lipinski definition) is 6. The van der Waals surface area contributed by atoms with Gasteiger partial charge in [0, 0.05) is 0 Å². The van der Waals surface area contributed by atoms with Crippen molar-refractivity contribution in [3.05, 3.63) is 12.3 Å². The number of pyridine rings is 1. The van der Waals surface area contributed by atoms with Gasteiger partial charge in [-0.25, -0.2) is 9.78 Å². The fourth-order valence-electron chi connectivity index (χ4n) is 1.65. The smallest absolute Gasteiger partial charge is 0.434 e. The molecule has 2 aromatic rings. The Morgan fingerprint density at radius 1 is 1.61 bits per heavy atom. The molecule has 8 nitrogen and oxygen atoms in total. The lowest BCUT2D eigenvalue weighted by molar-refractivity contribution is -0.0809. The zero-order valence-electron chi connectivity index (χ0n) is 9.24. The number of nitrogen functional groups attached to an aromatic ring is 1. The summed E-state index contributed by atoms with van der Waals surface area (Å²) in [7, 11) is 0. The van der Waals surface area contributed by atoms with Gasteiger partial charge < -0.3 is 20.3 Å². The Morgan fingerprint density at radius 3 is 3.00 bits per heavy atom. The second-order valence-corrected chi connectivity index (χ2v) is 3.92. The molecule has 8 heteroatoms. The van der Waals surface area contributed by atoms with Crippen molar-refractivity contribution in [3.63, 3.8) is 0 Å². The maximum absolute atomic E-state index is 11.0. The second-order valence-electron chi connectivity index (χ2n) is 3.92. The van der Waals surface area contributed by atoms with Gasteiger partial charge in [0.05, 0.1) is 30.5 Å². The Labute approximate surface area is 101 Å². The first-order chi connectivity index (χ1) is 8.65. The molecule has 0 saturated carbocycles. The Morgan fingerprint density at radius 2 is 2.39 bits per heavy atom. The van der Waals surface area contributed by atoms with Crippen molar-refractivity contribution < 1.29 is 19.4 Å². The van der Waals surface area contributed by atoms with E-state index in [1.54, 1.807) is 6.07 Å². The van der Waals surface area contributed by atoms with Crippen LogP contribution in [0.2, 0.25) is 0 Å². The number of ether oxygens (including phenoxy) is 2. The molecule has 94 valence electrons. The molecule has 3 N–H and O–H groups in total. The van der Waals surface area contributed by atoms with Crippen molar-refractivity contribution in [1.82, 2.24) is 14.8 Å². The highest BCUT2D eigenvalue weighted by Crippen LogP contribution is 2.26. The molecule has 0 amide bonds. The zero-order chi connectivity index (χ0) is 12.7. The summed E-state index contributed by atoms with van der Waals surface area (Å²) < 4.78 is 11.3. The van der Waals surface area contributed by atoms with Crippen LogP contribution in [0.4, 0.5) is 10.5 Å². The van der Waals surface area contributed by atoms with Gasteiger partial charge in [0.25, 0.3) is 0 Å². The molecule has 1 fully saturated rings. The predicted octanol–water partition coefficient (Wildman–Crippen LogP) is 0.317. The van der Waals surface area contributed by atoms with Crippen molar-refractivity contribution in [2.75, 3.05) is 18.9 Å². The zero-order valence-corrected chi connectivity index (χ0v) is 9.24. The third kappa shape index (κ3) is 1.63. The van der Waals surface area contributed by atoms with Gasteiger partial charge in [0.1, 0.15) is 6.10 Å². The fourth-order valence-corrected chi connectivity index (χ4v) is 1.65. The lowest BCUT2D eigenvalue weighted by Gasteiger charge is -2.25. The maximum Gasteiger partial charge on any atom is 0.434 e. The minimum atomic E-state index is -1.23. The molecule has 0 unspecified atom stereocenters. The number of nitrogens with zero attached hydrogens (tertiary/aromatic N) is 3. The van der Waals surface area contributed by atoms with Crippen LogP contribution in [0.25, 0.3) is 11.0 Å². The van der Waals surface area contributed by atoms with Crippen LogP contribution in [0, 0.1) is 0 Å². The van der Waals surface area contributed by atoms with Crippen molar-refractivity contribution >= 4 is 22.8 Å². The van der Waals surface area contributed by atoms with Gasteiger partial charge in [-0.05, 0) is 6.07 Å². The van der Waals surface area contributed by atoms with E-state index in [4.69, 9.17) is 20.3 Å². The quantitative estimate of drug-likeness (QED) is 0.788. The Hall–Kier alpha value is -2.35. The van der Waals surface area contributed by atoms with Crippen LogP contribution >= 0.6 is 0 Å². The molecule has 0 aromatic carbocycles. The van der Waals surface area contributed by atoms with E-state index < -0.39 is 6.09 Å². The van der Waals surface area contributed by atoms with Crippen LogP contribution in [0.15, 0.2) is 12.3 Å². The van der Waals surface area contributed by atoms with Crippen molar-refractivity contribution in [2.24, 2.45) is 0 Å². The molecule has 1 saturated heterocycles. The van der Waals surface area contributed by atoms with Gasteiger partial charge in [-0.1, -0.05) is 0 Å². The summed E-state index contributed by atoms with van der Waals surface area (Å²) >= 11 is 0. The number of nitrogens with two attached hydrogens (primary N) is 1. The van der Waals surface area contributed by atoms with E-state index in [2.05, 4.69) is 10.1 Å². The first-order valence-corrected chi connectivity index (χ1v) is 5.27. The van der Waals surface area contributed by atoms with Gasteiger partial charge >= 0.3 is 6.09 Å². The molecule has 1 aliphatic heterocycles. The fraction of sp³-hybridized carbons (Fsp3) is 0.300. The number of carboxylic acid groups (broad SMARTS) is 1. The molecule has 0 spiro atoms. The Kier molecular flexibility index (Phi) is 2.30. The van der Waals surface area contributed by atoms with Crippen LogP contribution in [0.5, 0.6) is 5.88 Å². The average molecular weight is 250 g/mol. The summed E-state index contributed by atoms with van der Waals surface area (Å²) in [5.41, 5.74) is 6.25. The molecule has 3 rings (SSSR count). The highest BCUT2D eigenvalue weighted by molar-refractivity contribution is 5.89. The molecule has 0 atom stereocenters. The normalized spacial score (nSPS) is 15.6. The summed E-state index contributed by atoms with van der Waals surface area (Å²) in [6.45, 7) is 0.939. The monoisotopic (exact) mass is 250 g/mol. The summed E-state index contributed by atoms with van der Waals surface area (Å²) in [6.07, 6.45) is 0.0448. The van der Waals surface area contributed by atoms with Crippen LogP contribution in [0.1, 0.15) is 0 Å². The van der Waals surface area contributed by atoms with E-state index in [-0.39, 0.29) is 17.6 Å². The summed E-state index contributed by atoms with van der Waals surface area (Å²) in [5, 5.41) is 13.4. The van der Waals surface area contributed by atoms with Gasteiger partial charge in [-0.15, -0.1) is 9.78 Å². The first kappa shape index (κ1) is 10.8. The highest BCUT2D eigenvalue weighted by atomic mass is 16.6. The third-order valence-electron chi connectivity index (χ3n) is 2.58. The summed E-state index contributed by atoms with van der Waals surface area (Å²) in [4.78, 5) is 15.0. The topological polar surface area (TPSA) is 112 Å². The number of anilines is 1. The maximum atomic E-state index is 11.0. The van der Waals surface area contributed by atoms with Crippen molar-refractivity contribution in [3.8, 4) is 5.88 Å². The van der Waals surface area contributed by atoms with E-state index in [1.807, 2.05) is 0 Å². The lowest BCUT2D eigenvalue weighted by Crippen LogP contribution is -2.38. The molecule has 0 aliphatic carbocycles. The predicted molar refractivity (Wildman–Crippen MR) is 60.6 cm³/mol. The Balaban J connectivity index is 2.10. The number of hydrogen-bond donors (Lipinski definition) is 2. The van der Waals surface area contributed by atoms with Crippen molar-refractivity contribution in [1.29, 1.82) is 0 Å². The molecule has 0 radical (unpaired) electrons. The SMILES string of the molecule is Nc1cnc2c(c1)c(OC1COC1)nn2C(=O)O. The molecular weight excluding hydrogens is 240 g/mol. The van der Waals surface area contributed by atoms with Gasteiger partial charge in [0.15, 0.2) is 5.65 Å². The molecule has 18 heavy (non-hydrogen) atoms. The third-order valence-corrected chi connectivity index (χ3v) is 2.58. The minimum Gasteiger partial charge on any atom is -0.468 e. The second kappa shape index (κ2) is 3.84. The number of rotatable bonds is 2. The van der Waals surface area contributed by atoms with E-state index in [0.717, 1.165) is 4.68 Å². The highest BCUT2D eigenvalue weighted by Gasteiger charge is 2.25. The van der Waals surface area contributed by atoms with Gasteiger partial charge in [-0.3, -0.25) is 0 Å². The van der Waals surface area contributed by atoms with Crippen LogP contribution in [-0.2, 0) is 4.74 Å². The standard InChI is InChI=1S/C10H10N4O4/c11-5-1-7-8(12-2-5)14(10(15)16)13-9(7)18-6-3-17-4-6/h1-2,6H,3-4,11H2,(H,15,16). The van der Waals surface area contributed by atoms with Gasteiger partial charge in [-0.2, -0.15) is 0 Å². The average Bonchev–Trinajstić information content (AvgIpc) is 2.62. The van der Waals surface area contributed by atoms with Crippen LogP contribution in [-0.4, -0.2) is 45.3 Å². The summed E-state index contributed by atoms with van der Waals surface area (Å²) in [5.74, 6) is 0.209. The first-order valence-electron chi connectivity index (χ1n) is 5.27.